The Hall–Kier alpha value is -2.73. The number of carbonyl (C=O) groups excluding carboxylic acids is 2. The van der Waals surface area contributed by atoms with E-state index in [1.54, 1.807) is 6.08 Å². The van der Waals surface area contributed by atoms with Crippen LogP contribution in [-0.4, -0.2) is 44.4 Å². The quantitative estimate of drug-likeness (QED) is 0.425. The Balaban J connectivity index is 2.12. The maximum absolute atomic E-state index is 12.9. The van der Waals surface area contributed by atoms with E-state index in [9.17, 15) is 9.59 Å². The second-order valence-electron chi connectivity index (χ2n) is 7.08. The Kier molecular flexibility index (Phi) is 6.03. The first-order valence-corrected chi connectivity index (χ1v) is 10.4. The van der Waals surface area contributed by atoms with Crippen molar-refractivity contribution in [1.29, 1.82) is 0 Å². The van der Waals surface area contributed by atoms with Gasteiger partial charge in [-0.2, -0.15) is 0 Å². The lowest BCUT2D eigenvalue weighted by molar-refractivity contribution is -0.133. The molecule has 1 aliphatic rings. The SMILES string of the molecule is CCc1ccccc1-n1c(C)cc(C=C2C(=O)N(CC)C(=S)N(CC)C2=O)c1C. The van der Waals surface area contributed by atoms with Gasteiger partial charge < -0.3 is 4.57 Å². The fourth-order valence-electron chi connectivity index (χ4n) is 3.87. The topological polar surface area (TPSA) is 45.6 Å². The Morgan fingerprint density at radius 3 is 2.10 bits per heavy atom. The van der Waals surface area contributed by atoms with Gasteiger partial charge in [0.15, 0.2) is 5.11 Å². The Labute approximate surface area is 177 Å². The van der Waals surface area contributed by atoms with Crippen molar-refractivity contribution < 1.29 is 9.59 Å². The molecule has 0 atom stereocenters. The van der Waals surface area contributed by atoms with Crippen molar-refractivity contribution in [2.45, 2.75) is 41.0 Å². The number of thiocarbonyl (C=S) groups is 1. The molecule has 0 N–H and O–H groups in total. The molecule has 1 aromatic carbocycles. The van der Waals surface area contributed by atoms with Gasteiger partial charge >= 0.3 is 0 Å². The van der Waals surface area contributed by atoms with Crippen LogP contribution in [0.2, 0.25) is 0 Å². The minimum Gasteiger partial charge on any atom is -0.318 e. The molecule has 29 heavy (non-hydrogen) atoms. The molecule has 6 heteroatoms. The monoisotopic (exact) mass is 409 g/mol. The summed E-state index contributed by atoms with van der Waals surface area (Å²) in [4.78, 5) is 28.8. The Morgan fingerprint density at radius 2 is 1.55 bits per heavy atom. The van der Waals surface area contributed by atoms with Gasteiger partial charge in [0, 0.05) is 30.2 Å². The maximum Gasteiger partial charge on any atom is 0.265 e. The van der Waals surface area contributed by atoms with Crippen molar-refractivity contribution >= 4 is 35.2 Å². The summed E-state index contributed by atoms with van der Waals surface area (Å²) in [5.74, 6) is -0.656. The highest BCUT2D eigenvalue weighted by Gasteiger charge is 2.38. The number of benzene rings is 1. The third kappa shape index (κ3) is 3.53. The molecule has 5 nitrogen and oxygen atoms in total. The van der Waals surface area contributed by atoms with Gasteiger partial charge in [0.2, 0.25) is 0 Å². The molecule has 2 aromatic rings. The third-order valence-corrected chi connectivity index (χ3v) is 5.87. The van der Waals surface area contributed by atoms with Crippen LogP contribution in [0.1, 0.15) is 43.3 Å². The Bertz CT molecular complexity index is 991. The fourth-order valence-corrected chi connectivity index (χ4v) is 4.29. The fraction of sp³-hybridized carbons (Fsp3) is 0.348. The van der Waals surface area contributed by atoms with Gasteiger partial charge in [0.1, 0.15) is 5.57 Å². The number of nitrogens with zero attached hydrogens (tertiary/aromatic N) is 3. The largest absolute Gasteiger partial charge is 0.318 e. The van der Waals surface area contributed by atoms with E-state index in [0.29, 0.717) is 13.1 Å². The van der Waals surface area contributed by atoms with Gasteiger partial charge in [-0.25, -0.2) is 0 Å². The summed E-state index contributed by atoms with van der Waals surface area (Å²) < 4.78 is 2.18. The molecule has 1 saturated heterocycles. The molecule has 1 fully saturated rings. The minimum atomic E-state index is -0.328. The van der Waals surface area contributed by atoms with Gasteiger partial charge in [-0.05, 0) is 75.7 Å². The summed E-state index contributed by atoms with van der Waals surface area (Å²) in [5.41, 5.74) is 5.45. The minimum absolute atomic E-state index is 0.159. The normalized spacial score (nSPS) is 14.8. The van der Waals surface area contributed by atoms with Gasteiger partial charge in [-0.3, -0.25) is 19.4 Å². The predicted octanol–water partition coefficient (Wildman–Crippen LogP) is 4.04. The summed E-state index contributed by atoms with van der Waals surface area (Å²) in [5, 5.41) is 0.282. The van der Waals surface area contributed by atoms with Crippen LogP contribution in [0.15, 0.2) is 35.9 Å². The average molecular weight is 410 g/mol. The van der Waals surface area contributed by atoms with Gasteiger partial charge in [0.05, 0.1) is 0 Å². The number of hydrogen-bond donors (Lipinski definition) is 0. The molecule has 2 amide bonds. The first kappa shape index (κ1) is 21.0. The maximum atomic E-state index is 12.9. The van der Waals surface area contributed by atoms with Crippen LogP contribution < -0.4 is 0 Å². The van der Waals surface area contributed by atoms with Crippen LogP contribution in [0, 0.1) is 13.8 Å². The highest BCUT2D eigenvalue weighted by Crippen LogP contribution is 2.27. The zero-order chi connectivity index (χ0) is 21.3. The first-order valence-electron chi connectivity index (χ1n) is 10.0. The van der Waals surface area contributed by atoms with Crippen LogP contribution in [0.4, 0.5) is 0 Å². The molecule has 0 spiro atoms. The molecule has 0 unspecified atom stereocenters. The number of aryl methyl sites for hydroxylation is 2. The molecule has 152 valence electrons. The van der Waals surface area contributed by atoms with E-state index < -0.39 is 0 Å². The number of likely N-dealkylation sites (N-methyl/N-ethyl adjacent to an activating group) is 2. The summed E-state index contributed by atoms with van der Waals surface area (Å²) in [6, 6.07) is 10.3. The first-order chi connectivity index (χ1) is 13.8. The molecule has 1 aromatic heterocycles. The van der Waals surface area contributed by atoms with Crippen molar-refractivity contribution in [3.63, 3.8) is 0 Å². The third-order valence-electron chi connectivity index (χ3n) is 5.43. The smallest absolute Gasteiger partial charge is 0.265 e. The van der Waals surface area contributed by atoms with Crippen LogP contribution in [0.5, 0.6) is 0 Å². The number of para-hydroxylation sites is 1. The molecule has 0 aliphatic carbocycles. The molecule has 0 saturated carbocycles. The van der Waals surface area contributed by atoms with E-state index in [-0.39, 0.29) is 22.5 Å². The van der Waals surface area contributed by atoms with E-state index in [4.69, 9.17) is 12.2 Å². The van der Waals surface area contributed by atoms with E-state index in [2.05, 4.69) is 23.6 Å². The number of hydrogen-bond acceptors (Lipinski definition) is 3. The van der Waals surface area contributed by atoms with Crippen LogP contribution in [-0.2, 0) is 16.0 Å². The van der Waals surface area contributed by atoms with Crippen molar-refractivity contribution in [2.24, 2.45) is 0 Å². The van der Waals surface area contributed by atoms with Crippen molar-refractivity contribution in [3.05, 3.63) is 58.4 Å². The molecule has 0 radical (unpaired) electrons. The summed E-state index contributed by atoms with van der Waals surface area (Å²) in [6.45, 7) is 10.8. The van der Waals surface area contributed by atoms with E-state index in [0.717, 1.165) is 29.1 Å². The van der Waals surface area contributed by atoms with Crippen molar-refractivity contribution in [2.75, 3.05) is 13.1 Å². The summed E-state index contributed by atoms with van der Waals surface area (Å²) in [7, 11) is 0. The second-order valence-corrected chi connectivity index (χ2v) is 7.45. The summed E-state index contributed by atoms with van der Waals surface area (Å²) >= 11 is 5.34. The van der Waals surface area contributed by atoms with Crippen LogP contribution >= 0.6 is 12.2 Å². The van der Waals surface area contributed by atoms with Crippen LogP contribution in [0.25, 0.3) is 11.8 Å². The zero-order valence-corrected chi connectivity index (χ0v) is 18.5. The highest BCUT2D eigenvalue weighted by molar-refractivity contribution is 7.80. The zero-order valence-electron chi connectivity index (χ0n) is 17.7. The van der Waals surface area contributed by atoms with Crippen molar-refractivity contribution in [1.82, 2.24) is 14.4 Å². The standard InChI is InChI=1S/C23H27N3O2S/c1-6-17-11-9-10-12-20(17)26-15(4)13-18(16(26)5)14-19-21(27)24(7-2)23(29)25(8-3)22(19)28/h9-14H,6-8H2,1-5H3. The number of amides is 2. The van der Waals surface area contributed by atoms with Gasteiger partial charge in [-0.1, -0.05) is 25.1 Å². The lowest BCUT2D eigenvalue weighted by Crippen LogP contribution is -2.55. The molecule has 3 rings (SSSR count). The van der Waals surface area contributed by atoms with Gasteiger partial charge in [-0.15, -0.1) is 0 Å². The highest BCUT2D eigenvalue weighted by atomic mass is 32.1. The lowest BCUT2D eigenvalue weighted by Gasteiger charge is -2.35. The van der Waals surface area contributed by atoms with E-state index in [1.807, 2.05) is 45.9 Å². The lowest BCUT2D eigenvalue weighted by atomic mass is 10.1. The average Bonchev–Trinajstić information content (AvgIpc) is 2.99. The molecular weight excluding hydrogens is 382 g/mol. The van der Waals surface area contributed by atoms with E-state index >= 15 is 0 Å². The number of carbonyl (C=O) groups is 2. The summed E-state index contributed by atoms with van der Waals surface area (Å²) in [6.07, 6.45) is 2.64. The Morgan fingerprint density at radius 1 is 0.966 bits per heavy atom. The second kappa shape index (κ2) is 8.33. The van der Waals surface area contributed by atoms with Gasteiger partial charge in [0.25, 0.3) is 11.8 Å². The molecule has 0 bridgehead atoms. The van der Waals surface area contributed by atoms with Crippen molar-refractivity contribution in [3.8, 4) is 5.69 Å². The number of aromatic nitrogens is 1. The van der Waals surface area contributed by atoms with E-state index in [1.165, 1.54) is 15.4 Å². The molecule has 2 heterocycles. The predicted molar refractivity (Wildman–Crippen MR) is 120 cm³/mol. The molecular formula is C23H27N3O2S. The number of rotatable bonds is 5. The van der Waals surface area contributed by atoms with Crippen LogP contribution in [0.3, 0.4) is 0 Å². The molecule has 1 aliphatic heterocycles.